The van der Waals surface area contributed by atoms with Gasteiger partial charge in [0.2, 0.25) is 11.9 Å². The van der Waals surface area contributed by atoms with E-state index >= 15 is 0 Å². The van der Waals surface area contributed by atoms with E-state index in [2.05, 4.69) is 26.7 Å². The van der Waals surface area contributed by atoms with Crippen molar-refractivity contribution in [2.24, 2.45) is 0 Å². The molecule has 2 bridgehead atoms. The molecule has 8 nitrogen and oxygen atoms in total. The summed E-state index contributed by atoms with van der Waals surface area (Å²) in [5, 5.41) is 22.0. The maximum absolute atomic E-state index is 12.2. The third-order valence-corrected chi connectivity index (χ3v) is 4.61. The molecule has 3 rings (SSSR count). The smallest absolute Gasteiger partial charge is 0.237 e. The lowest BCUT2D eigenvalue weighted by Crippen LogP contribution is -2.42. The minimum atomic E-state index is -0.0897. The maximum Gasteiger partial charge on any atom is 0.237 e. The van der Waals surface area contributed by atoms with Crippen LogP contribution in [-0.2, 0) is 4.79 Å². The number of anilines is 1. The van der Waals surface area contributed by atoms with Gasteiger partial charge < -0.3 is 20.9 Å². The van der Waals surface area contributed by atoms with Gasteiger partial charge in [-0.3, -0.25) is 4.79 Å². The number of hydrogen-bond acceptors (Lipinski definition) is 7. The Balaban J connectivity index is 1.81. The monoisotopic (exact) mass is 351 g/mol. The first-order valence-electron chi connectivity index (χ1n) is 8.53. The Bertz CT molecular complexity index is 808. The van der Waals surface area contributed by atoms with Crippen molar-refractivity contribution in [3.8, 4) is 6.07 Å². The summed E-state index contributed by atoms with van der Waals surface area (Å²) in [5.41, 5.74) is 2.47. The highest BCUT2D eigenvalue weighted by molar-refractivity contribution is 5.82. The zero-order chi connectivity index (χ0) is 18.5. The van der Waals surface area contributed by atoms with Crippen LogP contribution in [-0.4, -0.2) is 46.1 Å². The van der Waals surface area contributed by atoms with Crippen LogP contribution in [0, 0.1) is 16.7 Å². The molecule has 134 valence electrons. The molecular weight excluding hydrogens is 330 g/mol. The van der Waals surface area contributed by atoms with E-state index in [1.54, 1.807) is 19.4 Å². The second-order valence-electron chi connectivity index (χ2n) is 6.25. The third kappa shape index (κ3) is 3.57. The standard InChI is InChI=1S/C18H21N7O/c1-21-11-13(10-20)23-18-22-7-5-16(24-18)12-8-14-2-3-15(9-12)25(14)17(26)4-6-19/h5,7-8,10-11,14-15,20-21H,2-4,9H2,1H3,(H,22,23,24)/b13-11+,20-10?. The number of nitrogens with zero attached hydrogens (tertiary/aromatic N) is 4. The Morgan fingerprint density at radius 1 is 1.54 bits per heavy atom. The third-order valence-electron chi connectivity index (χ3n) is 4.61. The largest absolute Gasteiger partial charge is 0.392 e. The quantitative estimate of drug-likeness (QED) is 0.671. The number of nitrogens with one attached hydrogen (secondary N) is 3. The van der Waals surface area contributed by atoms with Crippen molar-refractivity contribution in [1.29, 1.82) is 10.7 Å². The average molecular weight is 351 g/mol. The van der Waals surface area contributed by atoms with Gasteiger partial charge in [0.15, 0.2) is 0 Å². The molecule has 1 aromatic heterocycles. The minimum absolute atomic E-state index is 0.0392. The molecule has 8 heteroatoms. The van der Waals surface area contributed by atoms with Crippen LogP contribution >= 0.6 is 0 Å². The predicted molar refractivity (Wildman–Crippen MR) is 98.1 cm³/mol. The normalized spacial score (nSPS) is 21.6. The highest BCUT2D eigenvalue weighted by atomic mass is 16.2. The summed E-state index contributed by atoms with van der Waals surface area (Å²) < 4.78 is 0. The maximum atomic E-state index is 12.2. The van der Waals surface area contributed by atoms with Crippen molar-refractivity contribution in [3.05, 3.63) is 35.9 Å². The summed E-state index contributed by atoms with van der Waals surface area (Å²) in [6, 6.07) is 3.98. The summed E-state index contributed by atoms with van der Waals surface area (Å²) >= 11 is 0. The minimum Gasteiger partial charge on any atom is -0.392 e. The van der Waals surface area contributed by atoms with E-state index in [1.165, 1.54) is 6.21 Å². The zero-order valence-electron chi connectivity index (χ0n) is 14.6. The van der Waals surface area contributed by atoms with Crippen molar-refractivity contribution in [2.75, 3.05) is 12.4 Å². The average Bonchev–Trinajstić information content (AvgIpc) is 2.91. The van der Waals surface area contributed by atoms with Gasteiger partial charge >= 0.3 is 0 Å². The number of rotatable bonds is 6. The number of allylic oxidation sites excluding steroid dienone is 1. The van der Waals surface area contributed by atoms with Gasteiger partial charge in [0.05, 0.1) is 23.5 Å². The van der Waals surface area contributed by atoms with Gasteiger partial charge in [0, 0.05) is 31.7 Å². The fourth-order valence-electron chi connectivity index (χ4n) is 3.56. The molecule has 2 aliphatic heterocycles. The van der Waals surface area contributed by atoms with Crippen LogP contribution < -0.4 is 10.6 Å². The fourth-order valence-corrected chi connectivity index (χ4v) is 3.56. The van der Waals surface area contributed by atoms with E-state index < -0.39 is 0 Å². The van der Waals surface area contributed by atoms with Crippen LogP contribution in [0.4, 0.5) is 5.95 Å². The Kier molecular flexibility index (Phi) is 5.27. The SMILES string of the molecule is CN/C=C(\C=N)Nc1nccc(C2=CC3CCC(C2)N3C(=O)CC#N)n1. The van der Waals surface area contributed by atoms with Crippen LogP contribution in [0.25, 0.3) is 5.57 Å². The van der Waals surface area contributed by atoms with Gasteiger partial charge in [-0.2, -0.15) is 5.26 Å². The number of nitriles is 1. The van der Waals surface area contributed by atoms with Gasteiger partial charge in [-0.25, -0.2) is 9.97 Å². The molecule has 3 heterocycles. The zero-order valence-corrected chi connectivity index (χ0v) is 14.6. The van der Waals surface area contributed by atoms with Crippen LogP contribution in [0.2, 0.25) is 0 Å². The molecule has 1 fully saturated rings. The summed E-state index contributed by atoms with van der Waals surface area (Å²) in [4.78, 5) is 22.8. The topological polar surface area (TPSA) is 118 Å². The second kappa shape index (κ2) is 7.78. The molecular formula is C18H21N7O. The molecule has 1 amide bonds. The second-order valence-corrected chi connectivity index (χ2v) is 6.25. The molecule has 2 unspecified atom stereocenters. The summed E-state index contributed by atoms with van der Waals surface area (Å²) in [6.07, 6.45) is 9.14. The van der Waals surface area contributed by atoms with Crippen molar-refractivity contribution < 1.29 is 4.79 Å². The lowest BCUT2D eigenvalue weighted by molar-refractivity contribution is -0.132. The van der Waals surface area contributed by atoms with Gasteiger partial charge in [-0.15, -0.1) is 0 Å². The number of amides is 1. The van der Waals surface area contributed by atoms with Crippen molar-refractivity contribution in [3.63, 3.8) is 0 Å². The van der Waals surface area contributed by atoms with E-state index in [1.807, 2.05) is 17.0 Å². The molecule has 1 aromatic rings. The summed E-state index contributed by atoms with van der Waals surface area (Å²) in [5.74, 6) is 0.330. The molecule has 0 aromatic carbocycles. The van der Waals surface area contributed by atoms with Crippen molar-refractivity contribution in [2.45, 2.75) is 37.8 Å². The van der Waals surface area contributed by atoms with Crippen LogP contribution in [0.3, 0.4) is 0 Å². The van der Waals surface area contributed by atoms with E-state index in [4.69, 9.17) is 10.7 Å². The molecule has 0 saturated carbocycles. The van der Waals surface area contributed by atoms with Crippen LogP contribution in [0.15, 0.2) is 30.2 Å². The van der Waals surface area contributed by atoms with E-state index in [0.717, 1.165) is 30.5 Å². The first-order chi connectivity index (χ1) is 12.7. The Morgan fingerprint density at radius 2 is 2.38 bits per heavy atom. The molecule has 26 heavy (non-hydrogen) atoms. The fraction of sp³-hybridized carbons (Fsp3) is 0.389. The Morgan fingerprint density at radius 3 is 3.08 bits per heavy atom. The first-order valence-corrected chi connectivity index (χ1v) is 8.53. The molecule has 2 atom stereocenters. The van der Waals surface area contributed by atoms with Crippen LogP contribution in [0.5, 0.6) is 0 Å². The Hall–Kier alpha value is -3.21. The lowest BCUT2D eigenvalue weighted by Gasteiger charge is -2.33. The molecule has 0 spiro atoms. The highest BCUT2D eigenvalue weighted by Gasteiger charge is 2.39. The van der Waals surface area contributed by atoms with Gasteiger partial charge in [-0.1, -0.05) is 6.08 Å². The molecule has 0 radical (unpaired) electrons. The van der Waals surface area contributed by atoms with E-state index in [0.29, 0.717) is 11.6 Å². The van der Waals surface area contributed by atoms with E-state index in [9.17, 15) is 4.79 Å². The number of hydrogen-bond donors (Lipinski definition) is 3. The van der Waals surface area contributed by atoms with Crippen molar-refractivity contribution in [1.82, 2.24) is 20.2 Å². The molecule has 0 aliphatic carbocycles. The lowest BCUT2D eigenvalue weighted by atomic mass is 9.98. The molecule has 3 N–H and O–H groups in total. The van der Waals surface area contributed by atoms with Gasteiger partial charge in [0.1, 0.15) is 6.42 Å². The van der Waals surface area contributed by atoms with Crippen LogP contribution in [0.1, 0.15) is 31.4 Å². The summed E-state index contributed by atoms with van der Waals surface area (Å²) in [6.45, 7) is 0. The molecule has 1 saturated heterocycles. The molecule has 2 aliphatic rings. The highest BCUT2D eigenvalue weighted by Crippen LogP contribution is 2.38. The van der Waals surface area contributed by atoms with E-state index in [-0.39, 0.29) is 24.4 Å². The number of aromatic nitrogens is 2. The predicted octanol–water partition coefficient (Wildman–Crippen LogP) is 1.66. The Labute approximate surface area is 152 Å². The number of carbonyl (C=O) groups excluding carboxylic acids is 1. The summed E-state index contributed by atoms with van der Waals surface area (Å²) in [7, 11) is 1.75. The van der Waals surface area contributed by atoms with Gasteiger partial charge in [-0.05, 0) is 30.9 Å². The number of carbonyl (C=O) groups is 1. The van der Waals surface area contributed by atoms with Crippen molar-refractivity contribution >= 4 is 23.6 Å². The first kappa shape index (κ1) is 17.6. The number of fused-ring (bicyclic) bond motifs is 2. The van der Waals surface area contributed by atoms with Gasteiger partial charge in [0.25, 0.3) is 0 Å².